The summed E-state index contributed by atoms with van der Waals surface area (Å²) in [7, 11) is 0. The van der Waals surface area contributed by atoms with E-state index < -0.39 is 11.2 Å². The minimum atomic E-state index is -4.30. The monoisotopic (exact) mass is 278 g/mol. The molecule has 2 unspecified atom stereocenters. The van der Waals surface area contributed by atoms with Crippen molar-refractivity contribution < 1.29 is 13.2 Å². The summed E-state index contributed by atoms with van der Waals surface area (Å²) in [5.41, 5.74) is 0. The van der Waals surface area contributed by atoms with Crippen LogP contribution < -0.4 is 5.32 Å². The molecule has 18 heavy (non-hydrogen) atoms. The van der Waals surface area contributed by atoms with Gasteiger partial charge in [-0.1, -0.05) is 6.92 Å². The standard InChI is InChI=1S/C12H17F3N2S/c1-2-5-16-9-4-3-8(6-9)10-7-17-11(18-10)12(13,14)15/h7-9,16H,2-6H2,1H3. The van der Waals surface area contributed by atoms with Gasteiger partial charge in [0.05, 0.1) is 0 Å². The highest BCUT2D eigenvalue weighted by molar-refractivity contribution is 7.11. The molecule has 1 aliphatic carbocycles. The minimum absolute atomic E-state index is 0.243. The summed E-state index contributed by atoms with van der Waals surface area (Å²) in [6.45, 7) is 3.09. The highest BCUT2D eigenvalue weighted by atomic mass is 32.1. The van der Waals surface area contributed by atoms with Crippen LogP contribution in [0.3, 0.4) is 0 Å². The van der Waals surface area contributed by atoms with Crippen molar-refractivity contribution >= 4 is 11.3 Å². The predicted octanol–water partition coefficient (Wildman–Crippen LogP) is 3.80. The number of halogens is 3. The van der Waals surface area contributed by atoms with Gasteiger partial charge in [-0.05, 0) is 38.1 Å². The van der Waals surface area contributed by atoms with Crippen molar-refractivity contribution in [1.29, 1.82) is 0 Å². The second kappa shape index (κ2) is 5.57. The van der Waals surface area contributed by atoms with Crippen LogP contribution in [0, 0.1) is 0 Å². The zero-order valence-corrected chi connectivity index (χ0v) is 11.1. The second-order valence-electron chi connectivity index (χ2n) is 4.73. The van der Waals surface area contributed by atoms with Crippen LogP contribution in [0.2, 0.25) is 0 Å². The molecule has 2 rings (SSSR count). The van der Waals surface area contributed by atoms with Gasteiger partial charge in [-0.3, -0.25) is 0 Å². The van der Waals surface area contributed by atoms with Crippen LogP contribution >= 0.6 is 11.3 Å². The Morgan fingerprint density at radius 2 is 2.22 bits per heavy atom. The van der Waals surface area contributed by atoms with Crippen LogP contribution in [-0.4, -0.2) is 17.6 Å². The number of nitrogens with zero attached hydrogens (tertiary/aromatic N) is 1. The van der Waals surface area contributed by atoms with E-state index in [0.717, 1.165) is 48.4 Å². The molecule has 1 aliphatic rings. The summed E-state index contributed by atoms with van der Waals surface area (Å²) in [6.07, 6.45) is 1.12. The number of rotatable bonds is 4. The molecule has 0 spiro atoms. The van der Waals surface area contributed by atoms with Crippen molar-refractivity contribution in [2.75, 3.05) is 6.54 Å². The summed E-state index contributed by atoms with van der Waals surface area (Å²) in [5.74, 6) is 0.243. The van der Waals surface area contributed by atoms with Crippen LogP contribution in [0.25, 0.3) is 0 Å². The van der Waals surface area contributed by atoms with Crippen molar-refractivity contribution in [3.8, 4) is 0 Å². The summed E-state index contributed by atoms with van der Waals surface area (Å²) >= 11 is 0.799. The largest absolute Gasteiger partial charge is 0.443 e. The fourth-order valence-corrected chi connectivity index (χ4v) is 3.31. The molecule has 1 N–H and O–H groups in total. The Kier molecular flexibility index (Phi) is 4.27. The van der Waals surface area contributed by atoms with Gasteiger partial charge < -0.3 is 5.32 Å². The molecule has 2 atom stereocenters. The maximum atomic E-state index is 12.5. The van der Waals surface area contributed by atoms with Crippen molar-refractivity contribution in [3.05, 3.63) is 16.1 Å². The minimum Gasteiger partial charge on any atom is -0.314 e. The van der Waals surface area contributed by atoms with Crippen molar-refractivity contribution in [2.45, 2.75) is 50.7 Å². The van der Waals surface area contributed by atoms with E-state index in [9.17, 15) is 13.2 Å². The Hall–Kier alpha value is -0.620. The lowest BCUT2D eigenvalue weighted by atomic mass is 10.1. The summed E-state index contributed by atoms with van der Waals surface area (Å²) < 4.78 is 37.4. The summed E-state index contributed by atoms with van der Waals surface area (Å²) in [6, 6.07) is 0.450. The zero-order valence-electron chi connectivity index (χ0n) is 10.3. The number of aromatic nitrogens is 1. The van der Waals surface area contributed by atoms with E-state index in [4.69, 9.17) is 0 Å². The van der Waals surface area contributed by atoms with Crippen LogP contribution in [-0.2, 0) is 6.18 Å². The average Bonchev–Trinajstić information content (AvgIpc) is 2.93. The average molecular weight is 278 g/mol. The van der Waals surface area contributed by atoms with E-state index in [1.54, 1.807) is 0 Å². The topological polar surface area (TPSA) is 24.9 Å². The van der Waals surface area contributed by atoms with Gasteiger partial charge in [-0.25, -0.2) is 4.98 Å². The Morgan fingerprint density at radius 1 is 1.44 bits per heavy atom. The van der Waals surface area contributed by atoms with E-state index in [-0.39, 0.29) is 5.92 Å². The third kappa shape index (κ3) is 3.23. The van der Waals surface area contributed by atoms with E-state index in [2.05, 4.69) is 17.2 Å². The lowest BCUT2D eigenvalue weighted by molar-refractivity contribution is -0.137. The number of hydrogen-bond donors (Lipinski definition) is 1. The predicted molar refractivity (Wildman–Crippen MR) is 65.8 cm³/mol. The lowest BCUT2D eigenvalue weighted by Gasteiger charge is -2.11. The first-order valence-electron chi connectivity index (χ1n) is 6.27. The van der Waals surface area contributed by atoms with Gasteiger partial charge in [0.15, 0.2) is 5.01 Å². The summed E-state index contributed by atoms with van der Waals surface area (Å²) in [5, 5.41) is 2.71. The van der Waals surface area contributed by atoms with Gasteiger partial charge in [0.25, 0.3) is 0 Å². The highest BCUT2D eigenvalue weighted by Gasteiger charge is 2.36. The van der Waals surface area contributed by atoms with Crippen LogP contribution in [0.5, 0.6) is 0 Å². The fraction of sp³-hybridized carbons (Fsp3) is 0.750. The SMILES string of the molecule is CCCNC1CCC(c2cnc(C(F)(F)F)s2)C1. The molecule has 0 amide bonds. The molecular weight excluding hydrogens is 261 g/mol. The number of nitrogens with one attached hydrogen (secondary N) is 1. The Balaban J connectivity index is 1.95. The Labute approximate surface area is 109 Å². The smallest absolute Gasteiger partial charge is 0.314 e. The van der Waals surface area contributed by atoms with Crippen molar-refractivity contribution in [3.63, 3.8) is 0 Å². The molecule has 1 heterocycles. The zero-order chi connectivity index (χ0) is 13.2. The third-order valence-electron chi connectivity index (χ3n) is 3.28. The van der Waals surface area contributed by atoms with Crippen LogP contribution in [0.1, 0.15) is 48.4 Å². The maximum absolute atomic E-state index is 12.5. The molecular formula is C12H17F3N2S. The van der Waals surface area contributed by atoms with Gasteiger partial charge in [-0.2, -0.15) is 13.2 Å². The van der Waals surface area contributed by atoms with E-state index in [1.807, 2.05) is 0 Å². The molecule has 1 saturated carbocycles. The molecule has 1 aromatic heterocycles. The first-order chi connectivity index (χ1) is 8.50. The molecule has 1 fully saturated rings. The number of alkyl halides is 3. The van der Waals surface area contributed by atoms with Gasteiger partial charge >= 0.3 is 6.18 Å². The van der Waals surface area contributed by atoms with Gasteiger partial charge in [0, 0.05) is 17.1 Å². The van der Waals surface area contributed by atoms with Crippen molar-refractivity contribution in [2.24, 2.45) is 0 Å². The van der Waals surface area contributed by atoms with E-state index in [0.29, 0.717) is 6.04 Å². The molecule has 2 nitrogen and oxygen atoms in total. The second-order valence-corrected chi connectivity index (χ2v) is 5.79. The number of thiazole rings is 1. The van der Waals surface area contributed by atoms with Crippen LogP contribution in [0.4, 0.5) is 13.2 Å². The van der Waals surface area contributed by atoms with E-state index in [1.165, 1.54) is 6.20 Å². The highest BCUT2D eigenvalue weighted by Crippen LogP contribution is 2.40. The molecule has 0 radical (unpaired) electrons. The molecule has 0 aromatic carbocycles. The Morgan fingerprint density at radius 3 is 2.83 bits per heavy atom. The fourth-order valence-electron chi connectivity index (χ4n) is 2.38. The lowest BCUT2D eigenvalue weighted by Crippen LogP contribution is -2.26. The van der Waals surface area contributed by atoms with Gasteiger partial charge in [0.1, 0.15) is 0 Å². The molecule has 6 heteroatoms. The van der Waals surface area contributed by atoms with Gasteiger partial charge in [0.2, 0.25) is 0 Å². The molecule has 102 valence electrons. The quantitative estimate of drug-likeness (QED) is 0.906. The number of hydrogen-bond acceptors (Lipinski definition) is 3. The maximum Gasteiger partial charge on any atom is 0.443 e. The summed E-state index contributed by atoms with van der Waals surface area (Å²) in [4.78, 5) is 4.27. The first kappa shape index (κ1) is 13.8. The molecule has 0 saturated heterocycles. The normalized spacial score (nSPS) is 24.7. The van der Waals surface area contributed by atoms with E-state index >= 15 is 0 Å². The molecule has 0 bridgehead atoms. The van der Waals surface area contributed by atoms with Crippen molar-refractivity contribution in [1.82, 2.24) is 10.3 Å². The molecule has 1 aromatic rings. The van der Waals surface area contributed by atoms with Gasteiger partial charge in [-0.15, -0.1) is 11.3 Å². The van der Waals surface area contributed by atoms with Crippen LogP contribution in [0.15, 0.2) is 6.20 Å². The Bertz CT molecular complexity index is 389. The molecule has 0 aliphatic heterocycles. The first-order valence-corrected chi connectivity index (χ1v) is 7.08. The third-order valence-corrected chi connectivity index (χ3v) is 4.49.